The summed E-state index contributed by atoms with van der Waals surface area (Å²) in [6, 6.07) is 7.05. The number of carbonyl (C=O) groups is 1. The molecule has 0 bridgehead atoms. The average Bonchev–Trinajstić information content (AvgIpc) is 2.76. The molecule has 1 fully saturated rings. The predicted molar refractivity (Wildman–Crippen MR) is 120 cm³/mol. The number of likely N-dealkylation sites (tertiary alicyclic amines) is 1. The SMILES string of the molecule is COc1cc(N)c(Cl)cc1C(=O)N[C@H]1CCN(CCSc2ccncc2)C[C@H]1OC. The maximum atomic E-state index is 12.9. The number of hydrogen-bond donors (Lipinski definition) is 2. The third-order valence-electron chi connectivity index (χ3n) is 5.15. The molecule has 0 spiro atoms. The molecule has 162 valence electrons. The predicted octanol–water partition coefficient (Wildman–Crippen LogP) is 2.94. The Bertz CT molecular complexity index is 856. The third kappa shape index (κ3) is 5.78. The molecule has 2 aromatic rings. The zero-order chi connectivity index (χ0) is 21.5. The van der Waals surface area contributed by atoms with Crippen molar-refractivity contribution in [1.82, 2.24) is 15.2 Å². The number of nitrogens with one attached hydrogen (secondary N) is 1. The molecule has 1 aromatic heterocycles. The van der Waals surface area contributed by atoms with Crippen LogP contribution in [0.4, 0.5) is 5.69 Å². The van der Waals surface area contributed by atoms with Crippen molar-refractivity contribution < 1.29 is 14.3 Å². The minimum Gasteiger partial charge on any atom is -0.496 e. The fourth-order valence-electron chi connectivity index (χ4n) is 3.48. The highest BCUT2D eigenvalue weighted by Gasteiger charge is 2.31. The number of amides is 1. The summed E-state index contributed by atoms with van der Waals surface area (Å²) in [7, 11) is 3.18. The van der Waals surface area contributed by atoms with Gasteiger partial charge in [0.1, 0.15) is 5.75 Å². The van der Waals surface area contributed by atoms with E-state index in [2.05, 4.69) is 15.2 Å². The van der Waals surface area contributed by atoms with Crippen molar-refractivity contribution in [3.05, 3.63) is 47.2 Å². The molecule has 30 heavy (non-hydrogen) atoms. The Labute approximate surface area is 186 Å². The molecule has 9 heteroatoms. The van der Waals surface area contributed by atoms with Crippen molar-refractivity contribution in [2.75, 3.05) is 45.3 Å². The Morgan fingerprint density at radius 3 is 2.83 bits per heavy atom. The van der Waals surface area contributed by atoms with Crippen LogP contribution in [0.1, 0.15) is 16.8 Å². The van der Waals surface area contributed by atoms with Crippen molar-refractivity contribution in [3.8, 4) is 5.75 Å². The number of halogens is 1. The maximum Gasteiger partial charge on any atom is 0.255 e. The molecule has 1 aliphatic rings. The minimum absolute atomic E-state index is 0.0902. The number of anilines is 1. The molecule has 0 saturated carbocycles. The largest absolute Gasteiger partial charge is 0.496 e. The normalized spacial score (nSPS) is 19.4. The number of aromatic nitrogens is 1. The first-order chi connectivity index (χ1) is 14.5. The van der Waals surface area contributed by atoms with Gasteiger partial charge < -0.3 is 20.5 Å². The van der Waals surface area contributed by atoms with E-state index in [9.17, 15) is 4.79 Å². The van der Waals surface area contributed by atoms with E-state index in [0.717, 1.165) is 31.8 Å². The summed E-state index contributed by atoms with van der Waals surface area (Å²) in [5, 5.41) is 3.40. The third-order valence-corrected chi connectivity index (χ3v) is 6.47. The van der Waals surface area contributed by atoms with Gasteiger partial charge in [0.2, 0.25) is 0 Å². The molecule has 0 unspecified atom stereocenters. The number of nitrogen functional groups attached to an aromatic ring is 1. The molecular weight excluding hydrogens is 424 g/mol. The summed E-state index contributed by atoms with van der Waals surface area (Å²) < 4.78 is 11.0. The minimum atomic E-state index is -0.248. The molecule has 3 rings (SSSR count). The number of benzene rings is 1. The van der Waals surface area contributed by atoms with Crippen LogP contribution in [0.15, 0.2) is 41.6 Å². The van der Waals surface area contributed by atoms with Crippen LogP contribution in [0.5, 0.6) is 5.75 Å². The molecule has 0 radical (unpaired) electrons. The van der Waals surface area contributed by atoms with Crippen LogP contribution < -0.4 is 15.8 Å². The lowest BCUT2D eigenvalue weighted by Gasteiger charge is -2.38. The van der Waals surface area contributed by atoms with E-state index in [0.29, 0.717) is 22.0 Å². The number of pyridine rings is 1. The highest BCUT2D eigenvalue weighted by atomic mass is 35.5. The molecule has 1 aliphatic heterocycles. The van der Waals surface area contributed by atoms with E-state index in [1.165, 1.54) is 12.0 Å². The van der Waals surface area contributed by atoms with Crippen LogP contribution in [0.2, 0.25) is 5.02 Å². The lowest BCUT2D eigenvalue weighted by Crippen LogP contribution is -2.55. The number of methoxy groups -OCH3 is 2. The molecule has 2 atom stereocenters. The van der Waals surface area contributed by atoms with E-state index in [-0.39, 0.29) is 18.1 Å². The van der Waals surface area contributed by atoms with Crippen LogP contribution in [0, 0.1) is 0 Å². The van der Waals surface area contributed by atoms with Crippen LogP contribution in [0.3, 0.4) is 0 Å². The summed E-state index contributed by atoms with van der Waals surface area (Å²) in [5.74, 6) is 1.13. The average molecular weight is 451 g/mol. The van der Waals surface area contributed by atoms with Crippen molar-refractivity contribution in [3.63, 3.8) is 0 Å². The quantitative estimate of drug-likeness (QED) is 0.472. The lowest BCUT2D eigenvalue weighted by atomic mass is 10.0. The van der Waals surface area contributed by atoms with Crippen molar-refractivity contribution in [1.29, 1.82) is 0 Å². The molecule has 1 amide bonds. The molecule has 2 heterocycles. The zero-order valence-corrected chi connectivity index (χ0v) is 18.7. The monoisotopic (exact) mass is 450 g/mol. The van der Waals surface area contributed by atoms with Crippen molar-refractivity contribution >= 4 is 35.0 Å². The molecule has 7 nitrogen and oxygen atoms in total. The van der Waals surface area contributed by atoms with E-state index in [1.54, 1.807) is 31.6 Å². The van der Waals surface area contributed by atoms with Gasteiger partial charge in [-0.25, -0.2) is 0 Å². The summed E-state index contributed by atoms with van der Waals surface area (Å²) >= 11 is 7.91. The second kappa shape index (κ2) is 10.9. The van der Waals surface area contributed by atoms with E-state index >= 15 is 0 Å². The smallest absolute Gasteiger partial charge is 0.255 e. The van der Waals surface area contributed by atoms with Gasteiger partial charge in [0.15, 0.2) is 0 Å². The standard InChI is InChI=1S/C21H27ClN4O3S/c1-28-19-12-17(23)16(22)11-15(19)21(27)25-18-5-8-26(13-20(18)29-2)9-10-30-14-3-6-24-7-4-14/h3-4,6-7,11-12,18,20H,5,8-10,13,23H2,1-2H3,(H,25,27)/t18-,20+/m0/s1. The van der Waals surface area contributed by atoms with E-state index in [1.807, 2.05) is 23.9 Å². The highest BCUT2D eigenvalue weighted by molar-refractivity contribution is 7.99. The van der Waals surface area contributed by atoms with Gasteiger partial charge in [-0.3, -0.25) is 14.7 Å². The summed E-state index contributed by atoms with van der Waals surface area (Å²) in [5.41, 5.74) is 6.55. The first kappa shape index (κ1) is 22.7. The highest BCUT2D eigenvalue weighted by Crippen LogP contribution is 2.29. The second-order valence-electron chi connectivity index (χ2n) is 7.05. The fourth-order valence-corrected chi connectivity index (χ4v) is 4.54. The number of piperidine rings is 1. The summed E-state index contributed by atoms with van der Waals surface area (Å²) in [6.45, 7) is 2.61. The Balaban J connectivity index is 1.55. The Morgan fingerprint density at radius 2 is 2.13 bits per heavy atom. The maximum absolute atomic E-state index is 12.9. The molecular formula is C21H27ClN4O3S. The number of nitrogens with zero attached hydrogens (tertiary/aromatic N) is 2. The molecule has 1 saturated heterocycles. The number of nitrogens with two attached hydrogens (primary N) is 1. The number of thioether (sulfide) groups is 1. The number of carbonyl (C=O) groups excluding carboxylic acids is 1. The number of ether oxygens (including phenoxy) is 2. The van der Waals surface area contributed by atoms with Crippen molar-refractivity contribution in [2.45, 2.75) is 23.5 Å². The van der Waals surface area contributed by atoms with E-state index < -0.39 is 0 Å². The Kier molecular flexibility index (Phi) is 8.21. The van der Waals surface area contributed by atoms with Gasteiger partial charge in [-0.15, -0.1) is 11.8 Å². The number of rotatable bonds is 8. The van der Waals surface area contributed by atoms with Crippen LogP contribution in [-0.4, -0.2) is 67.5 Å². The Hall–Kier alpha value is -2.00. The van der Waals surface area contributed by atoms with Gasteiger partial charge in [0, 0.05) is 55.9 Å². The van der Waals surface area contributed by atoms with E-state index in [4.69, 9.17) is 26.8 Å². The zero-order valence-electron chi connectivity index (χ0n) is 17.1. The molecule has 0 aliphatic carbocycles. The number of hydrogen-bond acceptors (Lipinski definition) is 7. The first-order valence-corrected chi connectivity index (χ1v) is 11.1. The fraction of sp³-hybridized carbons (Fsp3) is 0.429. The first-order valence-electron chi connectivity index (χ1n) is 9.73. The topological polar surface area (TPSA) is 89.7 Å². The summed E-state index contributed by atoms with van der Waals surface area (Å²) in [6.07, 6.45) is 4.32. The van der Waals surface area contributed by atoms with Gasteiger partial charge >= 0.3 is 0 Å². The molecule has 3 N–H and O–H groups in total. The van der Waals surface area contributed by atoms with Crippen molar-refractivity contribution in [2.24, 2.45) is 0 Å². The van der Waals surface area contributed by atoms with Gasteiger partial charge in [0.05, 0.1) is 35.5 Å². The molecule has 1 aromatic carbocycles. The summed E-state index contributed by atoms with van der Waals surface area (Å²) in [4.78, 5) is 20.5. The lowest BCUT2D eigenvalue weighted by molar-refractivity contribution is 0.00834. The second-order valence-corrected chi connectivity index (χ2v) is 8.62. The van der Waals surface area contributed by atoms with Gasteiger partial charge in [-0.1, -0.05) is 11.6 Å². The van der Waals surface area contributed by atoms with Crippen LogP contribution >= 0.6 is 23.4 Å². The van der Waals surface area contributed by atoms with Gasteiger partial charge in [-0.05, 0) is 24.6 Å². The van der Waals surface area contributed by atoms with Crippen LogP contribution in [0.25, 0.3) is 0 Å². The van der Waals surface area contributed by atoms with Gasteiger partial charge in [-0.2, -0.15) is 0 Å². The van der Waals surface area contributed by atoms with Crippen LogP contribution in [-0.2, 0) is 4.74 Å². The Morgan fingerprint density at radius 1 is 1.37 bits per heavy atom. The van der Waals surface area contributed by atoms with Gasteiger partial charge in [0.25, 0.3) is 5.91 Å².